The largest absolute Gasteiger partial charge is 0.490 e. The average Bonchev–Trinajstić information content (AvgIpc) is 3.25. The number of benzene rings is 2. The maximum absolute atomic E-state index is 12.9. The van der Waals surface area contributed by atoms with Crippen LogP contribution in [0.4, 0.5) is 0 Å². The molecule has 1 aliphatic carbocycles. The number of carbonyl (C=O) groups excluding carboxylic acids is 1. The van der Waals surface area contributed by atoms with Crippen molar-refractivity contribution >= 4 is 16.6 Å². The normalized spacial score (nSPS) is 14.4. The molecule has 174 valence electrons. The van der Waals surface area contributed by atoms with Crippen LogP contribution in [0.1, 0.15) is 53.8 Å². The number of aliphatic hydroxyl groups excluding tert-OH is 1. The van der Waals surface area contributed by atoms with E-state index in [1.807, 2.05) is 49.5 Å². The molecule has 0 spiro atoms. The molecule has 2 heterocycles. The molecule has 0 saturated heterocycles. The second-order valence-corrected chi connectivity index (χ2v) is 9.03. The summed E-state index contributed by atoms with van der Waals surface area (Å²) in [4.78, 5) is 17.4. The number of ketones is 1. The van der Waals surface area contributed by atoms with Gasteiger partial charge in [0.25, 0.3) is 0 Å². The number of fused-ring (bicyclic) bond motifs is 1. The Bertz CT molecular complexity index is 1300. The molecule has 0 bridgehead atoms. The van der Waals surface area contributed by atoms with Gasteiger partial charge in [0.2, 0.25) is 0 Å². The molecule has 0 atom stereocenters. The first-order valence-corrected chi connectivity index (χ1v) is 11.9. The third-order valence-electron chi connectivity index (χ3n) is 6.67. The highest BCUT2D eigenvalue weighted by molar-refractivity contribution is 5.98. The van der Waals surface area contributed by atoms with Gasteiger partial charge < -0.3 is 9.84 Å². The summed E-state index contributed by atoms with van der Waals surface area (Å²) in [5, 5.41) is 16.0. The van der Waals surface area contributed by atoms with Crippen molar-refractivity contribution < 1.29 is 14.6 Å². The highest BCUT2D eigenvalue weighted by Crippen LogP contribution is 2.28. The van der Waals surface area contributed by atoms with E-state index in [1.165, 1.54) is 19.3 Å². The number of carbonyl (C=O) groups is 1. The van der Waals surface area contributed by atoms with Crippen molar-refractivity contribution in [2.75, 3.05) is 0 Å². The lowest BCUT2D eigenvalue weighted by Gasteiger charge is -2.23. The number of hydrogen-bond donors (Lipinski definition) is 1. The Labute approximate surface area is 199 Å². The van der Waals surface area contributed by atoms with Gasteiger partial charge in [-0.2, -0.15) is 5.10 Å². The molecule has 1 aliphatic rings. The molecule has 6 heteroatoms. The van der Waals surface area contributed by atoms with Crippen LogP contribution in [-0.2, 0) is 20.1 Å². The Balaban J connectivity index is 1.31. The van der Waals surface area contributed by atoms with Gasteiger partial charge in [-0.25, -0.2) is 0 Å². The van der Waals surface area contributed by atoms with E-state index >= 15 is 0 Å². The number of aromatic nitrogens is 3. The number of aryl methyl sites for hydroxylation is 1. The minimum Gasteiger partial charge on any atom is -0.490 e. The van der Waals surface area contributed by atoms with E-state index < -0.39 is 0 Å². The molecule has 34 heavy (non-hydrogen) atoms. The van der Waals surface area contributed by atoms with Gasteiger partial charge in [0.05, 0.1) is 31.0 Å². The van der Waals surface area contributed by atoms with Crippen molar-refractivity contribution in [1.29, 1.82) is 0 Å². The summed E-state index contributed by atoms with van der Waals surface area (Å²) in [6.07, 6.45) is 10.1. The second-order valence-electron chi connectivity index (χ2n) is 9.03. The van der Waals surface area contributed by atoms with E-state index in [0.29, 0.717) is 11.7 Å². The highest BCUT2D eigenvalue weighted by atomic mass is 16.5. The molecule has 0 radical (unpaired) electrons. The lowest BCUT2D eigenvalue weighted by molar-refractivity contribution is 0.0992. The lowest BCUT2D eigenvalue weighted by Crippen LogP contribution is -2.19. The maximum atomic E-state index is 12.9. The first-order valence-electron chi connectivity index (χ1n) is 11.9. The van der Waals surface area contributed by atoms with Crippen LogP contribution in [0.3, 0.4) is 0 Å². The Morgan fingerprint density at radius 1 is 1.03 bits per heavy atom. The molecule has 1 fully saturated rings. The molecule has 0 amide bonds. The minimum absolute atomic E-state index is 0.0297. The van der Waals surface area contributed by atoms with Crippen LogP contribution < -0.4 is 4.74 Å². The molecule has 4 aromatic rings. The fourth-order valence-corrected chi connectivity index (χ4v) is 4.70. The Kier molecular flexibility index (Phi) is 6.41. The third kappa shape index (κ3) is 4.73. The number of hydrogen-bond acceptors (Lipinski definition) is 5. The van der Waals surface area contributed by atoms with Crippen molar-refractivity contribution in [2.45, 2.75) is 51.2 Å². The Morgan fingerprint density at radius 2 is 1.82 bits per heavy atom. The van der Waals surface area contributed by atoms with Crippen molar-refractivity contribution in [3.63, 3.8) is 0 Å². The number of aliphatic hydroxyl groups is 1. The summed E-state index contributed by atoms with van der Waals surface area (Å²) in [7, 11) is 1.82. The lowest BCUT2D eigenvalue weighted by atomic mass is 9.98. The fourth-order valence-electron chi connectivity index (χ4n) is 4.70. The zero-order valence-corrected chi connectivity index (χ0v) is 19.4. The Morgan fingerprint density at radius 3 is 2.59 bits per heavy atom. The summed E-state index contributed by atoms with van der Waals surface area (Å²) < 4.78 is 7.76. The molecular formula is C28H29N3O3. The Hall–Kier alpha value is -3.51. The fraction of sp³-hybridized carbons (Fsp3) is 0.321. The standard InChI is InChI=1S/C28H29N3O3/c1-31-27(18-32)26(17-30-31)20-7-8-21-16-29-23(14-22(21)13-20)15-28(33)19-9-11-25(12-10-19)34-24-5-3-2-4-6-24/h7-14,16-17,24,32H,2-6,15,18H2,1H3. The van der Waals surface area contributed by atoms with Crippen LogP contribution in [0.5, 0.6) is 5.75 Å². The molecule has 5 rings (SSSR count). The number of rotatable bonds is 7. The van der Waals surface area contributed by atoms with Crippen LogP contribution in [-0.4, -0.2) is 31.8 Å². The molecule has 0 unspecified atom stereocenters. The number of ether oxygens (including phenoxy) is 1. The zero-order chi connectivity index (χ0) is 23.5. The van der Waals surface area contributed by atoms with Crippen molar-refractivity contribution in [3.05, 3.63) is 77.9 Å². The van der Waals surface area contributed by atoms with Crippen LogP contribution in [0.25, 0.3) is 21.9 Å². The van der Waals surface area contributed by atoms with E-state index in [1.54, 1.807) is 17.1 Å². The van der Waals surface area contributed by atoms with E-state index in [-0.39, 0.29) is 18.8 Å². The van der Waals surface area contributed by atoms with Crippen LogP contribution in [0, 0.1) is 0 Å². The molecule has 6 nitrogen and oxygen atoms in total. The summed E-state index contributed by atoms with van der Waals surface area (Å²) >= 11 is 0. The predicted octanol–water partition coefficient (Wildman–Crippen LogP) is 5.26. The quantitative estimate of drug-likeness (QED) is 0.385. The van der Waals surface area contributed by atoms with E-state index in [4.69, 9.17) is 4.74 Å². The van der Waals surface area contributed by atoms with Gasteiger partial charge in [-0.05, 0) is 73.0 Å². The molecular weight excluding hydrogens is 426 g/mol. The van der Waals surface area contributed by atoms with Gasteiger partial charge in [-0.1, -0.05) is 18.6 Å². The van der Waals surface area contributed by atoms with Gasteiger partial charge in [-0.15, -0.1) is 0 Å². The van der Waals surface area contributed by atoms with E-state index in [2.05, 4.69) is 16.1 Å². The summed E-state index contributed by atoms with van der Waals surface area (Å²) in [5.74, 6) is 0.861. The van der Waals surface area contributed by atoms with Crippen molar-refractivity contribution in [1.82, 2.24) is 14.8 Å². The van der Waals surface area contributed by atoms with Gasteiger partial charge in [0.15, 0.2) is 5.78 Å². The third-order valence-corrected chi connectivity index (χ3v) is 6.67. The van der Waals surface area contributed by atoms with Crippen LogP contribution >= 0.6 is 0 Å². The summed E-state index contributed by atoms with van der Waals surface area (Å²) in [6, 6.07) is 15.5. The first-order chi connectivity index (χ1) is 16.6. The summed E-state index contributed by atoms with van der Waals surface area (Å²) in [5.41, 5.74) is 4.03. The number of pyridine rings is 1. The molecule has 1 saturated carbocycles. The molecule has 0 aliphatic heterocycles. The smallest absolute Gasteiger partial charge is 0.168 e. The average molecular weight is 456 g/mol. The molecule has 2 aromatic heterocycles. The highest BCUT2D eigenvalue weighted by Gasteiger charge is 2.16. The van der Waals surface area contributed by atoms with E-state index in [9.17, 15) is 9.90 Å². The first kappa shape index (κ1) is 22.3. The topological polar surface area (TPSA) is 77.2 Å². The number of nitrogens with zero attached hydrogens (tertiary/aromatic N) is 3. The molecule has 1 N–H and O–H groups in total. The van der Waals surface area contributed by atoms with Gasteiger partial charge >= 0.3 is 0 Å². The van der Waals surface area contributed by atoms with Gasteiger partial charge in [-0.3, -0.25) is 14.5 Å². The summed E-state index contributed by atoms with van der Waals surface area (Å²) in [6.45, 7) is -0.0789. The monoisotopic (exact) mass is 455 g/mol. The molecule has 2 aromatic carbocycles. The predicted molar refractivity (Wildman–Crippen MR) is 132 cm³/mol. The van der Waals surface area contributed by atoms with Crippen LogP contribution in [0.15, 0.2) is 60.9 Å². The second kappa shape index (κ2) is 9.77. The SMILES string of the molecule is Cn1ncc(-c2ccc3cnc(CC(=O)c4ccc(OC5CCCCC5)cc4)cc3c2)c1CO. The van der Waals surface area contributed by atoms with Crippen LogP contribution in [0.2, 0.25) is 0 Å². The van der Waals surface area contributed by atoms with Gasteiger partial charge in [0, 0.05) is 35.5 Å². The minimum atomic E-state index is -0.0789. The maximum Gasteiger partial charge on any atom is 0.168 e. The van der Waals surface area contributed by atoms with E-state index in [0.717, 1.165) is 51.9 Å². The zero-order valence-electron chi connectivity index (χ0n) is 19.4. The van der Waals surface area contributed by atoms with Gasteiger partial charge in [0.1, 0.15) is 5.75 Å². The number of Topliss-reactive ketones (excluding diaryl/α,β-unsaturated/α-hetero) is 1. The van der Waals surface area contributed by atoms with Crippen molar-refractivity contribution in [2.24, 2.45) is 7.05 Å². The van der Waals surface area contributed by atoms with Crippen molar-refractivity contribution in [3.8, 4) is 16.9 Å².